The molecule has 0 saturated carbocycles. The van der Waals surface area contributed by atoms with Gasteiger partial charge in [0.05, 0.1) is 23.3 Å². The third-order valence-electron chi connectivity index (χ3n) is 6.73. The fourth-order valence-corrected chi connectivity index (χ4v) is 4.62. The van der Waals surface area contributed by atoms with Gasteiger partial charge in [0.1, 0.15) is 18.2 Å². The number of aromatic nitrogens is 5. The second-order valence-electron chi connectivity index (χ2n) is 9.61. The van der Waals surface area contributed by atoms with E-state index < -0.39 is 42.0 Å². The van der Waals surface area contributed by atoms with Crippen LogP contribution in [0.4, 0.5) is 32.2 Å². The van der Waals surface area contributed by atoms with Gasteiger partial charge in [-0.2, -0.15) is 27.1 Å². The summed E-state index contributed by atoms with van der Waals surface area (Å²) in [5.41, 5.74) is 0.357. The zero-order valence-electron chi connectivity index (χ0n) is 21.8. The van der Waals surface area contributed by atoms with Crippen molar-refractivity contribution in [2.24, 2.45) is 14.1 Å². The summed E-state index contributed by atoms with van der Waals surface area (Å²) < 4.78 is 87.1. The van der Waals surface area contributed by atoms with E-state index >= 15 is 0 Å². The Morgan fingerprint density at radius 3 is 2.41 bits per heavy atom. The summed E-state index contributed by atoms with van der Waals surface area (Å²) in [6, 6.07) is 5.93. The summed E-state index contributed by atoms with van der Waals surface area (Å²) in [7, 11) is 3.16. The molecule has 0 saturated heterocycles. The quantitative estimate of drug-likeness (QED) is 0.267. The maximum absolute atomic E-state index is 14.3. The van der Waals surface area contributed by atoms with Crippen LogP contribution in [0.15, 0.2) is 53.6 Å². The molecule has 0 fully saturated rings. The van der Waals surface area contributed by atoms with E-state index in [9.17, 15) is 31.1 Å². The number of nitrogens with one attached hydrogen (secondary N) is 1. The molecule has 0 aliphatic heterocycles. The van der Waals surface area contributed by atoms with Crippen molar-refractivity contribution in [3.63, 3.8) is 0 Å². The lowest BCUT2D eigenvalue weighted by atomic mass is 9.99. The van der Waals surface area contributed by atoms with Crippen LogP contribution in [0.25, 0.3) is 32.9 Å². The van der Waals surface area contributed by atoms with Gasteiger partial charge in [-0.15, -0.1) is 0 Å². The summed E-state index contributed by atoms with van der Waals surface area (Å²) in [5, 5.41) is 16.5. The van der Waals surface area contributed by atoms with Gasteiger partial charge in [-0.25, -0.2) is 14.4 Å². The normalized spacial score (nSPS) is 13.2. The number of pyridine rings is 1. The second-order valence-corrected chi connectivity index (χ2v) is 9.61. The highest BCUT2D eigenvalue weighted by Crippen LogP contribution is 2.39. The van der Waals surface area contributed by atoms with Crippen LogP contribution in [0.3, 0.4) is 0 Å². The van der Waals surface area contributed by atoms with Gasteiger partial charge in [-0.3, -0.25) is 9.48 Å². The number of anilines is 1. The Bertz CT molecular complexity index is 1860. The van der Waals surface area contributed by atoms with Gasteiger partial charge < -0.3 is 15.0 Å². The maximum Gasteiger partial charge on any atom is 0.451 e. The first-order chi connectivity index (χ1) is 19.2. The number of hydrogen-bond donors (Lipinski definition) is 2. The van der Waals surface area contributed by atoms with Gasteiger partial charge in [0.2, 0.25) is 11.4 Å². The van der Waals surface area contributed by atoms with Crippen LogP contribution in [0.2, 0.25) is 0 Å². The zero-order valence-corrected chi connectivity index (χ0v) is 21.8. The lowest BCUT2D eigenvalue weighted by molar-refractivity contribution is -0.144. The number of aliphatic hydroxyl groups excluding tert-OH is 1. The summed E-state index contributed by atoms with van der Waals surface area (Å²) in [5.74, 6) is -6.49. The Kier molecular flexibility index (Phi) is 6.76. The van der Waals surface area contributed by atoms with Crippen molar-refractivity contribution in [2.75, 3.05) is 11.9 Å². The first kappa shape index (κ1) is 28.1. The van der Waals surface area contributed by atoms with Crippen molar-refractivity contribution in [1.29, 1.82) is 0 Å². The molecule has 0 aliphatic carbocycles. The van der Waals surface area contributed by atoms with Crippen LogP contribution in [0, 0.1) is 5.82 Å². The predicted molar refractivity (Wildman–Crippen MR) is 139 cm³/mol. The Morgan fingerprint density at radius 2 is 1.76 bits per heavy atom. The number of rotatable bonds is 6. The van der Waals surface area contributed by atoms with Gasteiger partial charge in [-0.1, -0.05) is 0 Å². The molecular weight excluding hydrogens is 554 g/mol. The number of halogens is 6. The molecule has 0 spiro atoms. The Morgan fingerprint density at radius 1 is 1.02 bits per heavy atom. The summed E-state index contributed by atoms with van der Waals surface area (Å²) >= 11 is 0. The summed E-state index contributed by atoms with van der Waals surface area (Å²) in [4.78, 5) is 19.5. The Balaban J connectivity index is 1.75. The lowest BCUT2D eigenvalue weighted by Crippen LogP contribution is -2.20. The highest BCUT2D eigenvalue weighted by molar-refractivity contribution is 6.13. The topological polar surface area (TPSA) is 97.9 Å². The van der Waals surface area contributed by atoms with E-state index in [4.69, 9.17) is 5.11 Å². The third-order valence-corrected chi connectivity index (χ3v) is 6.73. The van der Waals surface area contributed by atoms with E-state index in [0.717, 1.165) is 12.1 Å². The van der Waals surface area contributed by atoms with Crippen molar-refractivity contribution in [2.45, 2.75) is 25.1 Å². The number of hydrogen-bond acceptors (Lipinski definition) is 6. The Hall–Kier alpha value is -4.46. The van der Waals surface area contributed by atoms with Gasteiger partial charge in [0.15, 0.2) is 0 Å². The molecule has 1 unspecified atom stereocenters. The van der Waals surface area contributed by atoms with Crippen LogP contribution < -0.4 is 10.9 Å². The summed E-state index contributed by atoms with van der Waals surface area (Å²) in [6.45, 7) is -0.120. The van der Waals surface area contributed by atoms with Crippen molar-refractivity contribution in [3.8, 4) is 11.1 Å². The number of fused-ring (bicyclic) bond motifs is 3. The number of aliphatic hydroxyl groups is 1. The fourth-order valence-electron chi connectivity index (χ4n) is 4.62. The van der Waals surface area contributed by atoms with E-state index in [1.807, 2.05) is 0 Å². The Labute approximate surface area is 227 Å². The molecule has 0 amide bonds. The van der Waals surface area contributed by atoms with Crippen LogP contribution in [-0.2, 0) is 26.2 Å². The molecular formula is C27H22F6N6O2. The molecule has 0 radical (unpaired) electrons. The van der Waals surface area contributed by atoms with Crippen molar-refractivity contribution in [1.82, 2.24) is 24.3 Å². The molecule has 0 aliphatic rings. The smallest absolute Gasteiger partial charge is 0.390 e. The number of aryl methyl sites for hydroxylation is 2. The maximum atomic E-state index is 14.3. The predicted octanol–water partition coefficient (Wildman–Crippen LogP) is 5.30. The van der Waals surface area contributed by atoms with Crippen LogP contribution in [0.1, 0.15) is 29.9 Å². The zero-order chi connectivity index (χ0) is 29.9. The van der Waals surface area contributed by atoms with E-state index in [1.54, 1.807) is 32.4 Å². The van der Waals surface area contributed by atoms with Gasteiger partial charge >= 0.3 is 6.18 Å². The van der Waals surface area contributed by atoms with E-state index in [0.29, 0.717) is 22.7 Å². The average molecular weight is 577 g/mol. The van der Waals surface area contributed by atoms with Gasteiger partial charge in [0, 0.05) is 53.8 Å². The molecule has 214 valence electrons. The average Bonchev–Trinajstić information content (AvgIpc) is 3.30. The molecule has 2 N–H and O–H groups in total. The molecule has 2 aromatic carbocycles. The monoisotopic (exact) mass is 576 g/mol. The molecule has 5 rings (SSSR count). The van der Waals surface area contributed by atoms with Crippen LogP contribution in [0.5, 0.6) is 0 Å². The molecule has 1 atom stereocenters. The van der Waals surface area contributed by atoms with Crippen molar-refractivity contribution >= 4 is 27.6 Å². The standard InChI is InChI=1S/C27H22F6N6O2/c1-13(15-6-16(8-17(28)7-15)26(29,30)12-40)35-24-19-9-18(14-4-5-21(41)38(2)11-14)23-20(10-34-39(23)3)22(19)36-25(37-24)27(31,32)33/h4-11,13,40H,12H2,1-3H3,(H,35,36,37). The first-order valence-corrected chi connectivity index (χ1v) is 12.2. The number of benzene rings is 2. The van der Waals surface area contributed by atoms with Gasteiger partial charge in [-0.05, 0) is 42.8 Å². The first-order valence-electron chi connectivity index (χ1n) is 12.2. The molecule has 14 heteroatoms. The minimum atomic E-state index is -4.94. The van der Waals surface area contributed by atoms with Crippen LogP contribution >= 0.6 is 0 Å². The van der Waals surface area contributed by atoms with Crippen molar-refractivity contribution in [3.05, 3.63) is 81.9 Å². The fraction of sp³-hybridized carbons (Fsp3) is 0.259. The minimum Gasteiger partial charge on any atom is -0.390 e. The van der Waals surface area contributed by atoms with E-state index in [-0.39, 0.29) is 33.2 Å². The highest BCUT2D eigenvalue weighted by Gasteiger charge is 2.36. The van der Waals surface area contributed by atoms with Crippen LogP contribution in [-0.4, -0.2) is 36.0 Å². The molecule has 41 heavy (non-hydrogen) atoms. The SMILES string of the molecule is CC(Nc1nc(C(F)(F)F)nc2c1cc(-c1ccc(=O)n(C)c1)c1c2cnn1C)c1cc(F)cc(C(F)(F)CO)c1. The molecule has 5 aromatic rings. The highest BCUT2D eigenvalue weighted by atomic mass is 19.4. The second kappa shape index (κ2) is 9.87. The molecule has 3 aromatic heterocycles. The number of alkyl halides is 5. The third kappa shape index (κ3) is 5.10. The van der Waals surface area contributed by atoms with E-state index in [1.165, 1.54) is 28.4 Å². The van der Waals surface area contributed by atoms with Crippen molar-refractivity contribution < 1.29 is 31.4 Å². The molecule has 0 bridgehead atoms. The molecule has 3 heterocycles. The minimum absolute atomic E-state index is 0.0193. The lowest BCUT2D eigenvalue weighted by Gasteiger charge is -2.21. The summed E-state index contributed by atoms with van der Waals surface area (Å²) in [6.07, 6.45) is -2.01. The number of nitrogens with zero attached hydrogens (tertiary/aromatic N) is 5. The van der Waals surface area contributed by atoms with Gasteiger partial charge in [0.25, 0.3) is 5.92 Å². The molecule has 8 nitrogen and oxygen atoms in total. The van der Waals surface area contributed by atoms with E-state index in [2.05, 4.69) is 20.4 Å². The largest absolute Gasteiger partial charge is 0.451 e.